The number of aromatic nitrogens is 4. The van der Waals surface area contributed by atoms with Gasteiger partial charge in [-0.1, -0.05) is 170 Å². The molecule has 2 heterocycles. The van der Waals surface area contributed by atoms with Crippen molar-refractivity contribution >= 4 is 43.1 Å². The fourth-order valence-corrected chi connectivity index (χ4v) is 7.00. The predicted octanol–water partition coefficient (Wildman–Crippen LogP) is 11.8. The van der Waals surface area contributed by atoms with Crippen LogP contribution < -0.4 is 0 Å². The zero-order chi connectivity index (χ0) is 34.7. The number of hydrogen-bond acceptors (Lipinski definition) is 4. The SMILES string of the molecule is [Ir+3].[c-]1nc(-c2cccc3ccccc23)cc(-c2cccc3ccccc23)n1.[c-]1nc(-c2cccc3ccccc23)cc(-c2cccc3ccccc23)n1. The van der Waals surface area contributed by atoms with Gasteiger partial charge in [-0.3, -0.25) is 0 Å². The molecule has 0 saturated heterocycles. The molecule has 0 atom stereocenters. The van der Waals surface area contributed by atoms with Gasteiger partial charge in [0.1, 0.15) is 0 Å². The zero-order valence-corrected chi connectivity index (χ0v) is 30.8. The Labute approximate surface area is 321 Å². The van der Waals surface area contributed by atoms with Gasteiger partial charge in [0.05, 0.1) is 0 Å². The van der Waals surface area contributed by atoms with E-state index in [1.165, 1.54) is 43.1 Å². The van der Waals surface area contributed by atoms with Crippen molar-refractivity contribution < 1.29 is 20.1 Å². The van der Waals surface area contributed by atoms with Gasteiger partial charge in [-0.15, -0.1) is 12.1 Å². The van der Waals surface area contributed by atoms with Gasteiger partial charge < -0.3 is 19.9 Å². The second-order valence-electron chi connectivity index (χ2n) is 12.6. The molecule has 0 bridgehead atoms. The average molecular weight is 855 g/mol. The van der Waals surface area contributed by atoms with Crippen LogP contribution in [0.5, 0.6) is 0 Å². The van der Waals surface area contributed by atoms with E-state index in [2.05, 4.69) is 215 Å². The van der Waals surface area contributed by atoms with Crippen molar-refractivity contribution in [2.24, 2.45) is 0 Å². The number of rotatable bonds is 4. The molecule has 0 aliphatic heterocycles. The van der Waals surface area contributed by atoms with Crippen molar-refractivity contribution in [1.82, 2.24) is 19.9 Å². The summed E-state index contributed by atoms with van der Waals surface area (Å²) in [6.07, 6.45) is 5.71. The molecular formula is C48H30IrN4+. The van der Waals surface area contributed by atoms with Crippen LogP contribution in [-0.4, -0.2) is 19.9 Å². The Balaban J connectivity index is 0.000000148. The Morgan fingerprint density at radius 3 is 0.755 bits per heavy atom. The summed E-state index contributed by atoms with van der Waals surface area (Å²) in [4.78, 5) is 17.7. The van der Waals surface area contributed by atoms with Crippen molar-refractivity contribution in [1.29, 1.82) is 0 Å². The Morgan fingerprint density at radius 1 is 0.264 bits per heavy atom. The first-order chi connectivity index (χ1) is 25.8. The summed E-state index contributed by atoms with van der Waals surface area (Å²) in [5.41, 5.74) is 7.96. The van der Waals surface area contributed by atoms with E-state index in [1.54, 1.807) is 0 Å². The molecule has 0 spiro atoms. The van der Waals surface area contributed by atoms with Crippen LogP contribution in [0.25, 0.3) is 88.1 Å². The van der Waals surface area contributed by atoms with Gasteiger partial charge in [-0.25, -0.2) is 0 Å². The van der Waals surface area contributed by atoms with Crippen molar-refractivity contribution in [3.63, 3.8) is 0 Å². The van der Waals surface area contributed by atoms with E-state index >= 15 is 0 Å². The van der Waals surface area contributed by atoms with E-state index in [9.17, 15) is 0 Å². The van der Waals surface area contributed by atoms with Gasteiger partial charge in [0.25, 0.3) is 0 Å². The molecule has 0 radical (unpaired) electrons. The summed E-state index contributed by atoms with van der Waals surface area (Å²) in [6.45, 7) is 0. The molecule has 10 rings (SSSR count). The first-order valence-electron chi connectivity index (χ1n) is 17.2. The van der Waals surface area contributed by atoms with Crippen molar-refractivity contribution in [2.75, 3.05) is 0 Å². The maximum Gasteiger partial charge on any atom is 3.00 e. The molecule has 0 saturated carbocycles. The number of nitrogens with zero attached hydrogens (tertiary/aromatic N) is 4. The zero-order valence-electron chi connectivity index (χ0n) is 28.4. The van der Waals surface area contributed by atoms with Crippen LogP contribution in [-0.2, 0) is 20.1 Å². The third kappa shape index (κ3) is 6.72. The second-order valence-corrected chi connectivity index (χ2v) is 12.6. The molecule has 5 heteroatoms. The molecule has 0 aliphatic carbocycles. The first-order valence-corrected chi connectivity index (χ1v) is 17.2. The largest absolute Gasteiger partial charge is 3.00 e. The van der Waals surface area contributed by atoms with E-state index in [0.29, 0.717) is 0 Å². The summed E-state index contributed by atoms with van der Waals surface area (Å²) >= 11 is 0. The molecular weight excluding hydrogens is 825 g/mol. The Hall–Kier alpha value is -6.39. The molecule has 0 aliphatic rings. The molecule has 4 nitrogen and oxygen atoms in total. The molecule has 0 unspecified atom stereocenters. The van der Waals surface area contributed by atoms with Gasteiger partial charge >= 0.3 is 20.1 Å². The van der Waals surface area contributed by atoms with Crippen molar-refractivity contribution in [3.8, 4) is 45.0 Å². The fourth-order valence-electron chi connectivity index (χ4n) is 7.00. The summed E-state index contributed by atoms with van der Waals surface area (Å²) < 4.78 is 0. The van der Waals surface area contributed by atoms with E-state index in [-0.39, 0.29) is 20.1 Å². The smallest absolute Gasteiger partial charge is 0.366 e. The minimum absolute atomic E-state index is 0. The van der Waals surface area contributed by atoms with E-state index in [4.69, 9.17) is 0 Å². The molecule has 250 valence electrons. The number of benzene rings is 8. The third-order valence-corrected chi connectivity index (χ3v) is 9.49. The van der Waals surface area contributed by atoms with Gasteiger partial charge in [-0.2, -0.15) is 0 Å². The molecule has 0 amide bonds. The van der Waals surface area contributed by atoms with Crippen LogP contribution in [0.2, 0.25) is 0 Å². The summed E-state index contributed by atoms with van der Waals surface area (Å²) in [5.74, 6) is 0. The fraction of sp³-hybridized carbons (Fsp3) is 0. The van der Waals surface area contributed by atoms with Gasteiger partial charge in [0.15, 0.2) is 0 Å². The molecule has 10 aromatic rings. The quantitative estimate of drug-likeness (QED) is 0.166. The van der Waals surface area contributed by atoms with Crippen molar-refractivity contribution in [3.05, 3.63) is 195 Å². The van der Waals surface area contributed by atoms with Crippen molar-refractivity contribution in [2.45, 2.75) is 0 Å². The Kier molecular flexibility index (Phi) is 9.59. The Morgan fingerprint density at radius 2 is 0.491 bits per heavy atom. The minimum Gasteiger partial charge on any atom is -0.366 e. The van der Waals surface area contributed by atoms with Crippen LogP contribution >= 0.6 is 0 Å². The van der Waals surface area contributed by atoms with E-state index < -0.39 is 0 Å². The molecule has 0 fully saturated rings. The Bertz CT molecular complexity index is 2480. The average Bonchev–Trinajstić information content (AvgIpc) is 3.23. The number of fused-ring (bicyclic) bond motifs is 4. The van der Waals surface area contributed by atoms with Gasteiger partial charge in [0, 0.05) is 12.7 Å². The summed E-state index contributed by atoms with van der Waals surface area (Å²) in [7, 11) is 0. The van der Waals surface area contributed by atoms with Crippen LogP contribution in [0, 0.1) is 12.7 Å². The predicted molar refractivity (Wildman–Crippen MR) is 214 cm³/mol. The minimum atomic E-state index is 0. The maximum atomic E-state index is 4.43. The van der Waals surface area contributed by atoms with Gasteiger partial charge in [0.2, 0.25) is 0 Å². The van der Waals surface area contributed by atoms with Crippen LogP contribution in [0.1, 0.15) is 0 Å². The van der Waals surface area contributed by atoms with Crippen LogP contribution in [0.15, 0.2) is 182 Å². The maximum absolute atomic E-state index is 4.43. The first kappa shape index (κ1) is 33.7. The summed E-state index contributed by atoms with van der Waals surface area (Å²) in [6, 6.07) is 62.7. The molecule has 53 heavy (non-hydrogen) atoms. The third-order valence-electron chi connectivity index (χ3n) is 9.49. The molecule has 8 aromatic carbocycles. The second kappa shape index (κ2) is 15.1. The van der Waals surface area contributed by atoms with E-state index in [0.717, 1.165) is 45.0 Å². The molecule has 2 aromatic heterocycles. The summed E-state index contributed by atoms with van der Waals surface area (Å²) in [5, 5.41) is 9.56. The van der Waals surface area contributed by atoms with Crippen LogP contribution in [0.3, 0.4) is 0 Å². The monoisotopic (exact) mass is 855 g/mol. The van der Waals surface area contributed by atoms with Crippen LogP contribution in [0.4, 0.5) is 0 Å². The topological polar surface area (TPSA) is 51.6 Å². The van der Waals surface area contributed by atoms with E-state index in [1.807, 2.05) is 0 Å². The standard InChI is InChI=1S/2C24H15N2.Ir/c2*1-3-11-19-17(7-1)9-5-13-21(19)23-15-24(26-16-25-23)22-14-6-10-18-8-2-4-12-20(18)22;/h2*1-15H;/q2*-1;+3. The number of hydrogen-bond donors (Lipinski definition) is 0. The van der Waals surface area contributed by atoms with Gasteiger partial charge in [-0.05, 0) is 88.1 Å². The normalized spacial score (nSPS) is 10.9. The molecule has 0 N–H and O–H groups in total.